The summed E-state index contributed by atoms with van der Waals surface area (Å²) in [4.78, 5) is 10.2. The van der Waals surface area contributed by atoms with E-state index in [4.69, 9.17) is 17.3 Å². The van der Waals surface area contributed by atoms with Crippen LogP contribution in [0.25, 0.3) is 11.0 Å². The van der Waals surface area contributed by atoms with Crippen molar-refractivity contribution in [2.45, 2.75) is 6.92 Å². The summed E-state index contributed by atoms with van der Waals surface area (Å²) in [5, 5.41) is 4.29. The minimum absolute atomic E-state index is 0.368. The number of hydrogen-bond acceptors (Lipinski definition) is 3. The van der Waals surface area contributed by atoms with Crippen molar-refractivity contribution in [1.29, 1.82) is 0 Å². The monoisotopic (exact) mass is 250 g/mol. The minimum atomic E-state index is 0.368. The number of aromatic amines is 2. The van der Waals surface area contributed by atoms with Gasteiger partial charge in [0, 0.05) is 0 Å². The molecule has 0 fully saturated rings. The van der Waals surface area contributed by atoms with Crippen LogP contribution in [0.4, 0.5) is 11.8 Å². The molecule has 17 heavy (non-hydrogen) atoms. The van der Waals surface area contributed by atoms with Crippen LogP contribution in [0.2, 0.25) is 5.02 Å². The van der Waals surface area contributed by atoms with Gasteiger partial charge in [-0.3, -0.25) is 10.3 Å². The van der Waals surface area contributed by atoms with Gasteiger partial charge in [0.25, 0.3) is 0 Å². The van der Waals surface area contributed by atoms with Crippen molar-refractivity contribution in [3.63, 3.8) is 0 Å². The van der Waals surface area contributed by atoms with Gasteiger partial charge in [-0.15, -0.1) is 0 Å². The maximum atomic E-state index is 5.97. The van der Waals surface area contributed by atoms with Crippen molar-refractivity contribution in [3.05, 3.63) is 35.6 Å². The Morgan fingerprint density at radius 1 is 1.71 bits per heavy atom. The fourth-order valence-electron chi connectivity index (χ4n) is 1.51. The number of rotatable bonds is 3. The number of fused-ring (bicyclic) bond motifs is 1. The van der Waals surface area contributed by atoms with Crippen LogP contribution in [0, 0.1) is 0 Å². The number of aromatic nitrogens is 3. The van der Waals surface area contributed by atoms with Crippen LogP contribution in [-0.4, -0.2) is 9.97 Å². The van der Waals surface area contributed by atoms with Gasteiger partial charge in [-0.05, 0) is 13.0 Å². The second-order valence-corrected chi connectivity index (χ2v) is 3.84. The van der Waals surface area contributed by atoms with E-state index in [0.29, 0.717) is 22.2 Å². The van der Waals surface area contributed by atoms with E-state index in [2.05, 4.69) is 26.8 Å². The fourth-order valence-corrected chi connectivity index (χ4v) is 1.75. The van der Waals surface area contributed by atoms with Crippen molar-refractivity contribution < 1.29 is 4.98 Å². The average molecular weight is 251 g/mol. The van der Waals surface area contributed by atoms with Gasteiger partial charge < -0.3 is 5.73 Å². The number of halogens is 1. The Morgan fingerprint density at radius 3 is 3.12 bits per heavy atom. The largest absolute Gasteiger partial charge is 0.373 e. The summed E-state index contributed by atoms with van der Waals surface area (Å²) in [6.07, 6.45) is 5.23. The zero-order chi connectivity index (χ0) is 12.4. The first-order chi connectivity index (χ1) is 8.15. The van der Waals surface area contributed by atoms with E-state index in [1.807, 2.05) is 13.0 Å². The highest BCUT2D eigenvalue weighted by Gasteiger charge is 2.15. The number of nitrogen functional groups attached to an aromatic ring is 1. The van der Waals surface area contributed by atoms with E-state index in [9.17, 15) is 0 Å². The lowest BCUT2D eigenvalue weighted by atomic mass is 10.4. The van der Waals surface area contributed by atoms with Gasteiger partial charge >= 0.3 is 5.95 Å². The van der Waals surface area contributed by atoms with E-state index in [-0.39, 0.29) is 0 Å². The predicted molar refractivity (Wildman–Crippen MR) is 69.6 cm³/mol. The average Bonchev–Trinajstić information content (AvgIpc) is 2.68. The van der Waals surface area contributed by atoms with Gasteiger partial charge in [0.15, 0.2) is 5.82 Å². The zero-order valence-corrected chi connectivity index (χ0v) is 10.1. The highest BCUT2D eigenvalue weighted by molar-refractivity contribution is 6.36. The summed E-state index contributed by atoms with van der Waals surface area (Å²) in [6.45, 7) is 5.58. The second-order valence-electron chi connectivity index (χ2n) is 3.43. The third-order valence-electron chi connectivity index (χ3n) is 2.36. The van der Waals surface area contributed by atoms with Crippen molar-refractivity contribution >= 4 is 34.4 Å². The van der Waals surface area contributed by atoms with Crippen molar-refractivity contribution in [3.8, 4) is 0 Å². The molecule has 6 heteroatoms. The van der Waals surface area contributed by atoms with E-state index in [0.717, 1.165) is 11.3 Å². The lowest BCUT2D eigenvalue weighted by Gasteiger charge is -2.00. The van der Waals surface area contributed by atoms with Gasteiger partial charge in [0.05, 0.1) is 16.9 Å². The first-order valence-corrected chi connectivity index (χ1v) is 5.44. The van der Waals surface area contributed by atoms with E-state index in [1.54, 1.807) is 12.3 Å². The number of hydrogen-bond donors (Lipinski definition) is 3. The van der Waals surface area contributed by atoms with Crippen LogP contribution in [-0.2, 0) is 0 Å². The van der Waals surface area contributed by atoms with E-state index >= 15 is 0 Å². The molecule has 88 valence electrons. The van der Waals surface area contributed by atoms with Crippen molar-refractivity contribution in [2.24, 2.45) is 0 Å². The normalized spacial score (nSPS) is 11.8. The Balaban J connectivity index is 2.47. The SMILES string of the molecule is C=CC(=CC)Nc1nc(N)c2c(Cl)c[nH]c2[nH+]1. The molecule has 5 N–H and O–H groups in total. The zero-order valence-electron chi connectivity index (χ0n) is 9.34. The molecule has 0 atom stereocenters. The molecule has 0 amide bonds. The Morgan fingerprint density at radius 2 is 2.47 bits per heavy atom. The van der Waals surface area contributed by atoms with Gasteiger partial charge in [-0.25, -0.2) is 4.98 Å². The second kappa shape index (κ2) is 4.47. The Bertz CT molecular complexity index is 599. The lowest BCUT2D eigenvalue weighted by molar-refractivity contribution is -0.333. The van der Waals surface area contributed by atoms with Crippen LogP contribution in [0.15, 0.2) is 30.6 Å². The highest BCUT2D eigenvalue weighted by atomic mass is 35.5. The van der Waals surface area contributed by atoms with E-state index in [1.165, 1.54) is 0 Å². The van der Waals surface area contributed by atoms with Gasteiger partial charge in [-0.2, -0.15) is 0 Å². The molecule has 5 nitrogen and oxygen atoms in total. The number of nitrogens with one attached hydrogen (secondary N) is 3. The Hall–Kier alpha value is -2.01. The molecule has 2 aromatic heterocycles. The van der Waals surface area contributed by atoms with Gasteiger partial charge in [-0.1, -0.05) is 29.2 Å². The summed E-state index contributed by atoms with van der Waals surface area (Å²) in [6, 6.07) is 0. The molecule has 0 aliphatic carbocycles. The van der Waals surface area contributed by atoms with Gasteiger partial charge in [0.2, 0.25) is 5.65 Å². The molecule has 0 radical (unpaired) electrons. The summed E-state index contributed by atoms with van der Waals surface area (Å²) in [5.41, 5.74) is 7.40. The van der Waals surface area contributed by atoms with E-state index < -0.39 is 0 Å². The molecule has 0 aromatic carbocycles. The first kappa shape index (κ1) is 11.5. The van der Waals surface area contributed by atoms with Crippen LogP contribution < -0.4 is 16.0 Å². The molecule has 2 aromatic rings. The molecular weight excluding hydrogens is 238 g/mol. The highest BCUT2D eigenvalue weighted by Crippen LogP contribution is 2.25. The van der Waals surface area contributed by atoms with Crippen LogP contribution >= 0.6 is 11.6 Å². The first-order valence-electron chi connectivity index (χ1n) is 5.07. The minimum Gasteiger partial charge on any atom is -0.373 e. The molecule has 0 aliphatic heterocycles. The fraction of sp³-hybridized carbons (Fsp3) is 0.0909. The molecule has 2 rings (SSSR count). The van der Waals surface area contributed by atoms with Crippen molar-refractivity contribution in [1.82, 2.24) is 9.97 Å². The quantitative estimate of drug-likeness (QED) is 0.730. The standard InChI is InChI=1S/C11H12ClN5/c1-3-6(4-2)15-11-16-9(13)8-7(12)5-14-10(8)17-11/h3-5H,1H2,2H3,(H4,13,14,15,16,17)/p+1. The topological polar surface area (TPSA) is 80.9 Å². The maximum absolute atomic E-state index is 5.97. The molecule has 0 saturated carbocycles. The number of H-pyrrole nitrogens is 2. The molecule has 0 spiro atoms. The maximum Gasteiger partial charge on any atom is 0.351 e. The van der Waals surface area contributed by atoms with Crippen LogP contribution in [0.3, 0.4) is 0 Å². The van der Waals surface area contributed by atoms with Crippen LogP contribution in [0.1, 0.15) is 6.92 Å². The molecule has 0 saturated heterocycles. The third-order valence-corrected chi connectivity index (χ3v) is 2.66. The van der Waals surface area contributed by atoms with Crippen molar-refractivity contribution in [2.75, 3.05) is 11.1 Å². The number of allylic oxidation sites excluding steroid dienone is 2. The number of anilines is 2. The summed E-state index contributed by atoms with van der Waals surface area (Å²) >= 11 is 5.97. The number of nitrogens with zero attached hydrogens (tertiary/aromatic N) is 1. The molecule has 2 heterocycles. The summed E-state index contributed by atoms with van der Waals surface area (Å²) in [5.74, 6) is 0.897. The third kappa shape index (κ3) is 2.09. The summed E-state index contributed by atoms with van der Waals surface area (Å²) in [7, 11) is 0. The Kier molecular flexibility index (Phi) is 3.01. The molecular formula is C11H13ClN5+. The van der Waals surface area contributed by atoms with Crippen LogP contribution in [0.5, 0.6) is 0 Å². The lowest BCUT2D eigenvalue weighted by Crippen LogP contribution is -2.16. The summed E-state index contributed by atoms with van der Waals surface area (Å²) < 4.78 is 0. The smallest absolute Gasteiger partial charge is 0.351 e. The van der Waals surface area contributed by atoms with Gasteiger partial charge in [0.1, 0.15) is 5.39 Å². The Labute approximate surface area is 103 Å². The number of nitrogens with two attached hydrogens (primary N) is 1. The predicted octanol–water partition coefficient (Wildman–Crippen LogP) is 2.11. The molecule has 0 bridgehead atoms. The molecule has 0 aliphatic rings. The molecule has 0 unspecified atom stereocenters.